The zero-order valence-electron chi connectivity index (χ0n) is 22.0. The largest absolute Gasteiger partial charge is 0.490 e. The van der Waals surface area contributed by atoms with Crippen LogP contribution in [0.4, 0.5) is 0 Å². The van der Waals surface area contributed by atoms with Crippen molar-refractivity contribution in [1.82, 2.24) is 10.2 Å². The molecule has 0 bridgehead atoms. The number of hydrogen-bond donors (Lipinski definition) is 1. The Balaban J connectivity index is 1.77. The van der Waals surface area contributed by atoms with Crippen LogP contribution in [0.15, 0.2) is 36.4 Å². The van der Waals surface area contributed by atoms with Crippen LogP contribution < -0.4 is 14.8 Å². The third-order valence-electron chi connectivity index (χ3n) is 6.74. The number of halogens is 2. The smallest absolute Gasteiger partial charge is 0.242 e. The zero-order valence-corrected chi connectivity index (χ0v) is 23.5. The minimum Gasteiger partial charge on any atom is -0.490 e. The standard InChI is InChI=1S/C29H38Cl2N2O4/c1-4-36-26-16-14-21(18-27(26)37-5-2)15-17-28(34)33(19-23-24(30)12-9-13-25(23)31)20(3)29(35)32-22-10-7-6-8-11-22/h9,12-14,16,18,20,22H,4-8,10-11,15,17,19H2,1-3H3,(H,32,35). The summed E-state index contributed by atoms with van der Waals surface area (Å²) in [7, 11) is 0. The van der Waals surface area contributed by atoms with Crippen molar-refractivity contribution in [3.63, 3.8) is 0 Å². The summed E-state index contributed by atoms with van der Waals surface area (Å²) in [5.41, 5.74) is 1.59. The van der Waals surface area contributed by atoms with Crippen molar-refractivity contribution in [3.05, 3.63) is 57.6 Å². The minimum absolute atomic E-state index is 0.144. The number of carbonyl (C=O) groups is 2. The number of carbonyl (C=O) groups excluding carboxylic acids is 2. The Labute approximate surface area is 230 Å². The van der Waals surface area contributed by atoms with Gasteiger partial charge in [0.2, 0.25) is 11.8 Å². The molecule has 202 valence electrons. The summed E-state index contributed by atoms with van der Waals surface area (Å²) in [5, 5.41) is 4.09. The molecule has 1 fully saturated rings. The Kier molecular flexibility index (Phi) is 11.4. The number of rotatable bonds is 12. The predicted molar refractivity (Wildman–Crippen MR) is 149 cm³/mol. The number of amides is 2. The average molecular weight is 550 g/mol. The molecule has 2 amide bonds. The maximum absolute atomic E-state index is 13.6. The molecule has 0 heterocycles. The summed E-state index contributed by atoms with van der Waals surface area (Å²) in [5.74, 6) is 1.05. The van der Waals surface area contributed by atoms with E-state index in [1.165, 1.54) is 6.42 Å². The van der Waals surface area contributed by atoms with Gasteiger partial charge in [-0.15, -0.1) is 0 Å². The van der Waals surface area contributed by atoms with E-state index in [4.69, 9.17) is 32.7 Å². The van der Waals surface area contributed by atoms with E-state index in [-0.39, 0.29) is 30.8 Å². The Hall–Kier alpha value is -2.44. The van der Waals surface area contributed by atoms with Gasteiger partial charge < -0.3 is 19.7 Å². The molecule has 0 aliphatic heterocycles. The van der Waals surface area contributed by atoms with Crippen molar-refractivity contribution >= 4 is 35.0 Å². The minimum atomic E-state index is -0.666. The first-order valence-corrected chi connectivity index (χ1v) is 14.0. The van der Waals surface area contributed by atoms with Gasteiger partial charge in [-0.25, -0.2) is 0 Å². The molecule has 2 aromatic carbocycles. The molecular weight excluding hydrogens is 511 g/mol. The molecule has 1 aliphatic carbocycles. The van der Waals surface area contributed by atoms with Gasteiger partial charge in [0.1, 0.15) is 6.04 Å². The number of nitrogens with zero attached hydrogens (tertiary/aromatic N) is 1. The molecule has 1 N–H and O–H groups in total. The lowest BCUT2D eigenvalue weighted by molar-refractivity contribution is -0.141. The highest BCUT2D eigenvalue weighted by atomic mass is 35.5. The van der Waals surface area contributed by atoms with Crippen molar-refractivity contribution in [2.45, 2.75) is 84.3 Å². The first-order valence-electron chi connectivity index (χ1n) is 13.2. The Morgan fingerprint density at radius 2 is 1.65 bits per heavy atom. The van der Waals surface area contributed by atoms with Crippen molar-refractivity contribution in [2.24, 2.45) is 0 Å². The average Bonchev–Trinajstić information content (AvgIpc) is 2.89. The van der Waals surface area contributed by atoms with Crippen molar-refractivity contribution in [2.75, 3.05) is 13.2 Å². The van der Waals surface area contributed by atoms with Crippen molar-refractivity contribution in [1.29, 1.82) is 0 Å². The summed E-state index contributed by atoms with van der Waals surface area (Å²) in [6.45, 7) is 6.83. The summed E-state index contributed by atoms with van der Waals surface area (Å²) >= 11 is 12.9. The van der Waals surface area contributed by atoms with Gasteiger partial charge in [-0.1, -0.05) is 54.6 Å². The van der Waals surface area contributed by atoms with Crippen LogP contribution in [-0.4, -0.2) is 42.0 Å². The highest BCUT2D eigenvalue weighted by Gasteiger charge is 2.29. The Morgan fingerprint density at radius 3 is 2.30 bits per heavy atom. The molecule has 6 nitrogen and oxygen atoms in total. The summed E-state index contributed by atoms with van der Waals surface area (Å²) in [4.78, 5) is 28.4. The fourth-order valence-corrected chi connectivity index (χ4v) is 5.17. The quantitative estimate of drug-likeness (QED) is 0.324. The van der Waals surface area contributed by atoms with Gasteiger partial charge in [0.15, 0.2) is 11.5 Å². The van der Waals surface area contributed by atoms with E-state index in [0.29, 0.717) is 46.7 Å². The lowest BCUT2D eigenvalue weighted by atomic mass is 9.95. The van der Waals surface area contributed by atoms with Crippen LogP contribution in [0.1, 0.15) is 70.4 Å². The third kappa shape index (κ3) is 8.27. The third-order valence-corrected chi connectivity index (χ3v) is 7.45. The van der Waals surface area contributed by atoms with Crippen molar-refractivity contribution < 1.29 is 19.1 Å². The normalized spacial score (nSPS) is 14.6. The summed E-state index contributed by atoms with van der Waals surface area (Å²) < 4.78 is 11.4. The van der Waals surface area contributed by atoms with Crippen molar-refractivity contribution in [3.8, 4) is 11.5 Å². The molecule has 3 rings (SSSR count). The summed E-state index contributed by atoms with van der Waals surface area (Å²) in [6, 6.07) is 10.5. The fraction of sp³-hybridized carbons (Fsp3) is 0.517. The predicted octanol–water partition coefficient (Wildman–Crippen LogP) is 6.59. The van der Waals surface area contributed by atoms with Crippen LogP contribution in [-0.2, 0) is 22.6 Å². The molecule has 37 heavy (non-hydrogen) atoms. The maximum Gasteiger partial charge on any atom is 0.242 e. The first-order chi connectivity index (χ1) is 17.8. The highest BCUT2D eigenvalue weighted by Crippen LogP contribution is 2.30. The van der Waals surface area contributed by atoms with Crippen LogP contribution in [0.5, 0.6) is 11.5 Å². The van der Waals surface area contributed by atoms with Crippen LogP contribution in [0.3, 0.4) is 0 Å². The second kappa shape index (κ2) is 14.5. The van der Waals surface area contributed by atoms with Crippen LogP contribution >= 0.6 is 23.2 Å². The molecule has 8 heteroatoms. The topological polar surface area (TPSA) is 67.9 Å². The van der Waals surface area contributed by atoms with E-state index in [1.54, 1.807) is 30.0 Å². The van der Waals surface area contributed by atoms with E-state index in [9.17, 15) is 9.59 Å². The molecule has 1 unspecified atom stereocenters. The second-order valence-electron chi connectivity index (χ2n) is 9.39. The van der Waals surface area contributed by atoms with Crippen LogP contribution in [0.25, 0.3) is 0 Å². The fourth-order valence-electron chi connectivity index (χ4n) is 4.65. The van der Waals surface area contributed by atoms with Gasteiger partial charge in [-0.2, -0.15) is 0 Å². The molecule has 1 atom stereocenters. The van der Waals surface area contributed by atoms with Gasteiger partial charge >= 0.3 is 0 Å². The molecule has 0 aromatic heterocycles. The lowest BCUT2D eigenvalue weighted by Gasteiger charge is -2.31. The van der Waals surface area contributed by atoms with E-state index in [1.807, 2.05) is 32.0 Å². The maximum atomic E-state index is 13.6. The SMILES string of the molecule is CCOc1ccc(CCC(=O)N(Cc2c(Cl)cccc2Cl)C(C)C(=O)NC2CCCCC2)cc1OCC. The van der Waals surface area contributed by atoms with E-state index in [2.05, 4.69) is 5.32 Å². The molecule has 1 saturated carbocycles. The van der Waals surface area contributed by atoms with Gasteiger partial charge in [-0.05, 0) is 69.9 Å². The Bertz CT molecular complexity index is 1040. The Morgan fingerprint density at radius 1 is 1.00 bits per heavy atom. The second-order valence-corrected chi connectivity index (χ2v) is 10.2. The number of benzene rings is 2. The van der Waals surface area contributed by atoms with Crippen LogP contribution in [0.2, 0.25) is 10.0 Å². The number of ether oxygens (including phenoxy) is 2. The molecule has 0 saturated heterocycles. The lowest BCUT2D eigenvalue weighted by Crippen LogP contribution is -2.50. The van der Waals surface area contributed by atoms with Gasteiger partial charge in [0, 0.05) is 34.6 Å². The number of hydrogen-bond acceptors (Lipinski definition) is 4. The monoisotopic (exact) mass is 548 g/mol. The molecule has 0 radical (unpaired) electrons. The first kappa shape index (κ1) is 29.1. The van der Waals surface area contributed by atoms with E-state index >= 15 is 0 Å². The van der Waals surface area contributed by atoms with E-state index in [0.717, 1.165) is 31.2 Å². The van der Waals surface area contributed by atoms with Gasteiger partial charge in [0.05, 0.1) is 13.2 Å². The zero-order chi connectivity index (χ0) is 26.8. The summed E-state index contributed by atoms with van der Waals surface area (Å²) in [6.07, 6.45) is 6.10. The van der Waals surface area contributed by atoms with E-state index < -0.39 is 6.04 Å². The van der Waals surface area contributed by atoms with Gasteiger partial charge in [-0.3, -0.25) is 9.59 Å². The van der Waals surface area contributed by atoms with Gasteiger partial charge in [0.25, 0.3) is 0 Å². The van der Waals surface area contributed by atoms with Crippen LogP contribution in [0, 0.1) is 0 Å². The number of aryl methyl sites for hydroxylation is 1. The molecule has 0 spiro atoms. The molecule has 1 aliphatic rings. The molecular formula is C29H38Cl2N2O4. The highest BCUT2D eigenvalue weighted by molar-refractivity contribution is 6.36. The molecule has 2 aromatic rings. The number of nitrogens with one attached hydrogen (secondary N) is 1.